The Bertz CT molecular complexity index is 577. The lowest BCUT2D eigenvalue weighted by Crippen LogP contribution is -2.18. The summed E-state index contributed by atoms with van der Waals surface area (Å²) in [5, 5.41) is 5.03. The number of rotatable bonds is 5. The summed E-state index contributed by atoms with van der Waals surface area (Å²) < 4.78 is 1.94. The van der Waals surface area contributed by atoms with Crippen LogP contribution in [0.5, 0.6) is 0 Å². The monoisotopic (exact) mass is 292 g/mol. The molecule has 0 radical (unpaired) electrons. The minimum atomic E-state index is -0.0962. The van der Waals surface area contributed by atoms with Gasteiger partial charge in [0.2, 0.25) is 0 Å². The smallest absolute Gasteiger partial charge is 0.138 e. The predicted octanol–water partition coefficient (Wildman–Crippen LogP) is 3.14. The van der Waals surface area contributed by atoms with Crippen LogP contribution in [0.25, 0.3) is 0 Å². The van der Waals surface area contributed by atoms with E-state index in [1.54, 1.807) is 6.33 Å². The molecule has 2 aromatic rings. The van der Waals surface area contributed by atoms with E-state index in [1.165, 1.54) is 0 Å². The molecule has 108 valence electrons. The van der Waals surface area contributed by atoms with Crippen LogP contribution in [0.3, 0.4) is 0 Å². The first-order valence-corrected chi connectivity index (χ1v) is 7.23. The third kappa shape index (κ3) is 3.58. The third-order valence-electron chi connectivity index (χ3n) is 3.25. The van der Waals surface area contributed by atoms with Gasteiger partial charge < -0.3 is 5.73 Å². The average molecular weight is 293 g/mol. The molecule has 0 saturated carbocycles. The first kappa shape index (κ1) is 15.0. The number of benzene rings is 1. The quantitative estimate of drug-likeness (QED) is 0.921. The Hall–Kier alpha value is -1.39. The van der Waals surface area contributed by atoms with Crippen LogP contribution in [0, 0.1) is 12.8 Å². The van der Waals surface area contributed by atoms with Crippen LogP contribution in [-0.2, 0) is 13.0 Å². The van der Waals surface area contributed by atoms with Crippen molar-refractivity contribution in [2.45, 2.75) is 39.8 Å². The Morgan fingerprint density at radius 1 is 1.35 bits per heavy atom. The summed E-state index contributed by atoms with van der Waals surface area (Å²) >= 11 is 6.04. The van der Waals surface area contributed by atoms with E-state index in [1.807, 2.05) is 29.8 Å². The van der Waals surface area contributed by atoms with E-state index >= 15 is 0 Å². The molecule has 0 amide bonds. The van der Waals surface area contributed by atoms with Gasteiger partial charge in [-0.3, -0.25) is 0 Å². The highest BCUT2D eigenvalue weighted by molar-refractivity contribution is 6.31. The normalized spacial score (nSPS) is 12.9. The fourth-order valence-electron chi connectivity index (χ4n) is 2.16. The number of aryl methyl sites for hydroxylation is 1. The average Bonchev–Trinajstić information content (AvgIpc) is 2.79. The van der Waals surface area contributed by atoms with E-state index in [0.717, 1.165) is 28.5 Å². The maximum atomic E-state index is 6.28. The second-order valence-electron chi connectivity index (χ2n) is 5.57. The van der Waals surface area contributed by atoms with Crippen molar-refractivity contribution in [2.24, 2.45) is 11.7 Å². The van der Waals surface area contributed by atoms with Gasteiger partial charge in [-0.05, 0) is 30.0 Å². The highest BCUT2D eigenvalue weighted by Crippen LogP contribution is 2.21. The molecule has 4 nitrogen and oxygen atoms in total. The van der Waals surface area contributed by atoms with Gasteiger partial charge in [0.25, 0.3) is 0 Å². The van der Waals surface area contributed by atoms with Crippen molar-refractivity contribution in [1.82, 2.24) is 14.8 Å². The van der Waals surface area contributed by atoms with Crippen LogP contribution in [0.2, 0.25) is 5.02 Å². The van der Waals surface area contributed by atoms with E-state index in [9.17, 15) is 0 Å². The molecule has 20 heavy (non-hydrogen) atoms. The van der Waals surface area contributed by atoms with Gasteiger partial charge in [0, 0.05) is 24.0 Å². The molecule has 0 saturated heterocycles. The summed E-state index contributed by atoms with van der Waals surface area (Å²) in [6.07, 6.45) is 2.27. The van der Waals surface area contributed by atoms with Crippen LogP contribution in [-0.4, -0.2) is 14.8 Å². The van der Waals surface area contributed by atoms with Crippen LogP contribution < -0.4 is 5.73 Å². The van der Waals surface area contributed by atoms with Gasteiger partial charge >= 0.3 is 0 Å². The van der Waals surface area contributed by atoms with E-state index in [-0.39, 0.29) is 6.04 Å². The lowest BCUT2D eigenvalue weighted by atomic mass is 10.0. The standard InChI is InChI=1S/C15H21ClN4/c1-10(2)8-20-15(18-9-19-20)7-14(17)12-4-5-13(16)11(3)6-12/h4-6,9-10,14H,7-8,17H2,1-3H3. The number of nitrogens with two attached hydrogens (primary N) is 1. The van der Waals surface area contributed by atoms with Gasteiger partial charge in [0.05, 0.1) is 0 Å². The van der Waals surface area contributed by atoms with Crippen LogP contribution in [0.15, 0.2) is 24.5 Å². The minimum Gasteiger partial charge on any atom is -0.324 e. The third-order valence-corrected chi connectivity index (χ3v) is 3.67. The Balaban J connectivity index is 2.13. The minimum absolute atomic E-state index is 0.0962. The van der Waals surface area contributed by atoms with Gasteiger partial charge in [-0.1, -0.05) is 37.6 Å². The van der Waals surface area contributed by atoms with E-state index < -0.39 is 0 Å². The van der Waals surface area contributed by atoms with Gasteiger partial charge in [-0.2, -0.15) is 5.10 Å². The fraction of sp³-hybridized carbons (Fsp3) is 0.467. The van der Waals surface area contributed by atoms with E-state index in [0.29, 0.717) is 12.3 Å². The predicted molar refractivity (Wildman–Crippen MR) is 81.7 cm³/mol. The summed E-state index contributed by atoms with van der Waals surface area (Å²) in [7, 11) is 0. The molecule has 1 aromatic heterocycles. The maximum absolute atomic E-state index is 6.28. The highest BCUT2D eigenvalue weighted by Gasteiger charge is 2.13. The van der Waals surface area contributed by atoms with Crippen molar-refractivity contribution in [3.8, 4) is 0 Å². The van der Waals surface area contributed by atoms with E-state index in [4.69, 9.17) is 17.3 Å². The Labute approximate surface area is 125 Å². The Morgan fingerprint density at radius 2 is 2.10 bits per heavy atom. The van der Waals surface area contributed by atoms with Crippen molar-refractivity contribution in [3.05, 3.63) is 46.5 Å². The summed E-state index contributed by atoms with van der Waals surface area (Å²) in [5.41, 5.74) is 8.40. The molecule has 2 N–H and O–H groups in total. The molecule has 1 heterocycles. The zero-order chi connectivity index (χ0) is 14.7. The van der Waals surface area contributed by atoms with Crippen LogP contribution in [0.1, 0.15) is 36.8 Å². The lowest BCUT2D eigenvalue weighted by molar-refractivity contribution is 0.459. The van der Waals surface area contributed by atoms with Gasteiger partial charge in [-0.25, -0.2) is 9.67 Å². The fourth-order valence-corrected chi connectivity index (χ4v) is 2.28. The topological polar surface area (TPSA) is 56.7 Å². The molecule has 1 unspecified atom stereocenters. The molecule has 0 bridgehead atoms. The second-order valence-corrected chi connectivity index (χ2v) is 5.98. The molecular weight excluding hydrogens is 272 g/mol. The highest BCUT2D eigenvalue weighted by atomic mass is 35.5. The van der Waals surface area contributed by atoms with Crippen LogP contribution >= 0.6 is 11.6 Å². The molecule has 1 atom stereocenters. The molecule has 0 spiro atoms. The van der Waals surface area contributed by atoms with Gasteiger partial charge in [-0.15, -0.1) is 0 Å². The summed E-state index contributed by atoms with van der Waals surface area (Å²) in [6.45, 7) is 7.17. The van der Waals surface area contributed by atoms with Crippen molar-refractivity contribution in [2.75, 3.05) is 0 Å². The Kier molecular flexibility index (Phi) is 4.78. The molecule has 0 fully saturated rings. The first-order chi connectivity index (χ1) is 9.47. The molecule has 0 aliphatic rings. The SMILES string of the molecule is Cc1cc(C(N)Cc2ncnn2CC(C)C)ccc1Cl. The number of nitrogens with zero attached hydrogens (tertiary/aromatic N) is 3. The van der Waals surface area contributed by atoms with Crippen LogP contribution in [0.4, 0.5) is 0 Å². The first-order valence-electron chi connectivity index (χ1n) is 6.85. The van der Waals surface area contributed by atoms with Crippen molar-refractivity contribution in [3.63, 3.8) is 0 Å². The number of hydrogen-bond donors (Lipinski definition) is 1. The lowest BCUT2D eigenvalue weighted by Gasteiger charge is -2.14. The largest absolute Gasteiger partial charge is 0.324 e. The molecule has 1 aromatic carbocycles. The zero-order valence-electron chi connectivity index (χ0n) is 12.2. The van der Waals surface area contributed by atoms with Gasteiger partial charge in [0.15, 0.2) is 0 Å². The molecule has 0 aliphatic carbocycles. The number of halogens is 1. The van der Waals surface area contributed by atoms with Crippen molar-refractivity contribution < 1.29 is 0 Å². The molecule has 5 heteroatoms. The van der Waals surface area contributed by atoms with E-state index in [2.05, 4.69) is 23.9 Å². The zero-order valence-corrected chi connectivity index (χ0v) is 12.9. The van der Waals surface area contributed by atoms with Crippen molar-refractivity contribution in [1.29, 1.82) is 0 Å². The van der Waals surface area contributed by atoms with Gasteiger partial charge in [0.1, 0.15) is 12.2 Å². The summed E-state index contributed by atoms with van der Waals surface area (Å²) in [5.74, 6) is 1.46. The number of hydrogen-bond acceptors (Lipinski definition) is 3. The summed E-state index contributed by atoms with van der Waals surface area (Å²) in [4.78, 5) is 4.32. The Morgan fingerprint density at radius 3 is 2.75 bits per heavy atom. The molecule has 2 rings (SSSR count). The number of aromatic nitrogens is 3. The molecular formula is C15H21ClN4. The maximum Gasteiger partial charge on any atom is 0.138 e. The summed E-state index contributed by atoms with van der Waals surface area (Å²) in [6, 6.07) is 5.81. The molecule has 0 aliphatic heterocycles. The van der Waals surface area contributed by atoms with Crippen molar-refractivity contribution >= 4 is 11.6 Å². The second kappa shape index (κ2) is 6.37.